The number of carboxylic acids is 3. The standard InChI is InChI=1S/C18H29N5O11/c1-7(24)14(18(33)34)23-17(32)10(6-13(28)29)22-16(31)9(3-5-12(26)27)21-15(30)8(19)2-4-11(20)25/h7-10,14,24H,2-6,19H2,1H3,(H2,20,25)(H,21,30)(H,22,31)(H,23,32)(H,26,27)(H,28,29)(H,33,34). The van der Waals surface area contributed by atoms with Gasteiger partial charge >= 0.3 is 17.9 Å². The van der Waals surface area contributed by atoms with Crippen molar-refractivity contribution < 1.29 is 54.0 Å². The van der Waals surface area contributed by atoms with E-state index in [2.05, 4.69) is 5.32 Å². The van der Waals surface area contributed by atoms with Gasteiger partial charge in [0.05, 0.1) is 18.6 Å². The number of aliphatic carboxylic acids is 3. The molecule has 0 bridgehead atoms. The molecule has 11 N–H and O–H groups in total. The molecule has 0 aromatic heterocycles. The normalized spacial score (nSPS) is 15.0. The van der Waals surface area contributed by atoms with E-state index in [0.29, 0.717) is 0 Å². The van der Waals surface area contributed by atoms with Gasteiger partial charge in [0.1, 0.15) is 12.1 Å². The Balaban J connectivity index is 5.56. The number of carboxylic acid groups (broad SMARTS) is 3. The number of primary amides is 1. The Hall–Kier alpha value is -3.79. The fourth-order valence-electron chi connectivity index (χ4n) is 2.54. The van der Waals surface area contributed by atoms with E-state index in [1.165, 1.54) is 0 Å². The molecule has 0 saturated carbocycles. The number of aliphatic hydroxyl groups excluding tert-OH is 1. The van der Waals surface area contributed by atoms with Gasteiger partial charge in [-0.15, -0.1) is 0 Å². The van der Waals surface area contributed by atoms with E-state index < -0.39 is 91.1 Å². The maximum Gasteiger partial charge on any atom is 0.328 e. The first kappa shape index (κ1) is 30.2. The fourth-order valence-corrected chi connectivity index (χ4v) is 2.54. The summed E-state index contributed by atoms with van der Waals surface area (Å²) in [5, 5.41) is 42.5. The van der Waals surface area contributed by atoms with Crippen molar-refractivity contribution in [1.29, 1.82) is 0 Å². The zero-order valence-electron chi connectivity index (χ0n) is 18.2. The zero-order chi connectivity index (χ0) is 26.6. The van der Waals surface area contributed by atoms with Crippen LogP contribution in [-0.4, -0.2) is 92.2 Å². The quantitative estimate of drug-likeness (QED) is 0.0993. The highest BCUT2D eigenvalue weighted by atomic mass is 16.4. The summed E-state index contributed by atoms with van der Waals surface area (Å²) in [5.74, 6) is -8.59. The van der Waals surface area contributed by atoms with Crippen LogP contribution in [0.15, 0.2) is 0 Å². The van der Waals surface area contributed by atoms with E-state index in [1.54, 1.807) is 0 Å². The summed E-state index contributed by atoms with van der Waals surface area (Å²) in [6, 6.07) is -6.50. The summed E-state index contributed by atoms with van der Waals surface area (Å²) in [6.45, 7) is 1.06. The van der Waals surface area contributed by atoms with E-state index in [4.69, 9.17) is 26.8 Å². The number of hydrogen-bond donors (Lipinski definition) is 9. The monoisotopic (exact) mass is 491 g/mol. The first-order chi connectivity index (χ1) is 15.6. The van der Waals surface area contributed by atoms with Crippen LogP contribution in [0.4, 0.5) is 0 Å². The lowest BCUT2D eigenvalue weighted by molar-refractivity contribution is -0.146. The van der Waals surface area contributed by atoms with Crippen LogP contribution >= 0.6 is 0 Å². The second-order valence-corrected chi connectivity index (χ2v) is 7.33. The summed E-state index contributed by atoms with van der Waals surface area (Å²) in [5.41, 5.74) is 10.6. The molecule has 0 heterocycles. The summed E-state index contributed by atoms with van der Waals surface area (Å²) in [6.07, 6.45) is -4.05. The fraction of sp³-hybridized carbons (Fsp3) is 0.611. The van der Waals surface area contributed by atoms with Gasteiger partial charge in [-0.1, -0.05) is 0 Å². The van der Waals surface area contributed by atoms with Crippen LogP contribution in [0.2, 0.25) is 0 Å². The Kier molecular flexibility index (Phi) is 12.8. The molecular formula is C18H29N5O11. The van der Waals surface area contributed by atoms with Crippen molar-refractivity contribution in [1.82, 2.24) is 16.0 Å². The molecule has 0 rings (SSSR count). The van der Waals surface area contributed by atoms with E-state index >= 15 is 0 Å². The Morgan fingerprint density at radius 3 is 1.74 bits per heavy atom. The molecule has 0 aromatic carbocycles. The first-order valence-corrected chi connectivity index (χ1v) is 9.95. The number of amides is 4. The average Bonchev–Trinajstić information content (AvgIpc) is 2.70. The summed E-state index contributed by atoms with van der Waals surface area (Å²) < 4.78 is 0. The molecule has 0 saturated heterocycles. The molecule has 0 aliphatic heterocycles. The number of nitrogens with two attached hydrogens (primary N) is 2. The van der Waals surface area contributed by atoms with Gasteiger partial charge in [0.2, 0.25) is 23.6 Å². The van der Waals surface area contributed by atoms with Crippen molar-refractivity contribution in [3.05, 3.63) is 0 Å². The van der Waals surface area contributed by atoms with Crippen molar-refractivity contribution in [3.8, 4) is 0 Å². The van der Waals surface area contributed by atoms with Gasteiger partial charge in [-0.3, -0.25) is 28.8 Å². The minimum absolute atomic E-state index is 0.172. The van der Waals surface area contributed by atoms with Crippen molar-refractivity contribution in [3.63, 3.8) is 0 Å². The van der Waals surface area contributed by atoms with Crippen molar-refractivity contribution in [2.24, 2.45) is 11.5 Å². The molecule has 0 radical (unpaired) electrons. The lowest BCUT2D eigenvalue weighted by atomic mass is 10.1. The number of hydrogen-bond acceptors (Lipinski definition) is 9. The second-order valence-electron chi connectivity index (χ2n) is 7.33. The topological polar surface area (TPSA) is 289 Å². The highest BCUT2D eigenvalue weighted by Gasteiger charge is 2.33. The summed E-state index contributed by atoms with van der Waals surface area (Å²) in [4.78, 5) is 81.3. The van der Waals surface area contributed by atoms with Gasteiger partial charge in [0.25, 0.3) is 0 Å². The van der Waals surface area contributed by atoms with E-state index in [9.17, 15) is 38.7 Å². The second kappa shape index (κ2) is 14.4. The molecular weight excluding hydrogens is 462 g/mol. The molecule has 0 aliphatic carbocycles. The maximum atomic E-state index is 12.7. The summed E-state index contributed by atoms with van der Waals surface area (Å²) in [7, 11) is 0. The molecule has 0 fully saturated rings. The van der Waals surface area contributed by atoms with Crippen LogP contribution in [-0.2, 0) is 33.6 Å². The smallest absolute Gasteiger partial charge is 0.328 e. The van der Waals surface area contributed by atoms with Gasteiger partial charge in [0, 0.05) is 12.8 Å². The van der Waals surface area contributed by atoms with Gasteiger partial charge < -0.3 is 47.8 Å². The van der Waals surface area contributed by atoms with Crippen LogP contribution in [0, 0.1) is 0 Å². The molecule has 5 atom stereocenters. The number of rotatable bonds is 16. The van der Waals surface area contributed by atoms with Gasteiger partial charge in [-0.2, -0.15) is 0 Å². The third kappa shape index (κ3) is 11.7. The maximum absolute atomic E-state index is 12.7. The van der Waals surface area contributed by atoms with Crippen LogP contribution < -0.4 is 27.4 Å². The molecule has 16 nitrogen and oxygen atoms in total. The Labute approximate surface area is 193 Å². The predicted molar refractivity (Wildman–Crippen MR) is 111 cm³/mol. The number of carbonyl (C=O) groups excluding carboxylic acids is 4. The Bertz CT molecular complexity index is 801. The molecule has 0 spiro atoms. The minimum atomic E-state index is -1.83. The lowest BCUT2D eigenvalue weighted by Gasteiger charge is -2.25. The van der Waals surface area contributed by atoms with E-state index in [-0.39, 0.29) is 12.8 Å². The van der Waals surface area contributed by atoms with Crippen LogP contribution in [0.25, 0.3) is 0 Å². The van der Waals surface area contributed by atoms with Crippen molar-refractivity contribution in [2.75, 3.05) is 0 Å². The van der Waals surface area contributed by atoms with Gasteiger partial charge in [-0.25, -0.2) is 4.79 Å². The highest BCUT2D eigenvalue weighted by Crippen LogP contribution is 2.04. The number of aliphatic hydroxyl groups is 1. The highest BCUT2D eigenvalue weighted by molar-refractivity contribution is 5.95. The SMILES string of the molecule is CC(O)C(NC(=O)C(CC(=O)O)NC(=O)C(CCC(=O)O)NC(=O)C(N)CCC(N)=O)C(=O)O. The molecule has 5 unspecified atom stereocenters. The van der Waals surface area contributed by atoms with E-state index in [0.717, 1.165) is 6.92 Å². The van der Waals surface area contributed by atoms with Crippen LogP contribution in [0.3, 0.4) is 0 Å². The van der Waals surface area contributed by atoms with Gasteiger partial charge in [0.15, 0.2) is 6.04 Å². The molecule has 4 amide bonds. The van der Waals surface area contributed by atoms with Crippen LogP contribution in [0.5, 0.6) is 0 Å². The van der Waals surface area contributed by atoms with E-state index in [1.807, 2.05) is 10.6 Å². The summed E-state index contributed by atoms with van der Waals surface area (Å²) >= 11 is 0. The average molecular weight is 491 g/mol. The molecule has 34 heavy (non-hydrogen) atoms. The molecule has 0 aliphatic rings. The van der Waals surface area contributed by atoms with Crippen molar-refractivity contribution in [2.45, 2.75) is 69.3 Å². The third-order valence-electron chi connectivity index (χ3n) is 4.38. The third-order valence-corrected chi connectivity index (χ3v) is 4.38. The first-order valence-electron chi connectivity index (χ1n) is 9.95. The number of nitrogens with one attached hydrogen (secondary N) is 3. The molecule has 0 aromatic rings. The Morgan fingerprint density at radius 1 is 0.765 bits per heavy atom. The largest absolute Gasteiger partial charge is 0.481 e. The zero-order valence-corrected chi connectivity index (χ0v) is 18.2. The minimum Gasteiger partial charge on any atom is -0.481 e. The molecule has 16 heteroatoms. The Morgan fingerprint density at radius 2 is 1.29 bits per heavy atom. The predicted octanol–water partition coefficient (Wildman–Crippen LogP) is -4.16. The van der Waals surface area contributed by atoms with Crippen LogP contribution in [0.1, 0.15) is 39.0 Å². The molecule has 192 valence electrons. The number of carbonyl (C=O) groups is 7. The lowest BCUT2D eigenvalue weighted by Crippen LogP contribution is -2.58. The van der Waals surface area contributed by atoms with Crippen molar-refractivity contribution >= 4 is 41.5 Å². The van der Waals surface area contributed by atoms with Gasteiger partial charge in [-0.05, 0) is 19.8 Å².